The van der Waals surface area contributed by atoms with Crippen molar-refractivity contribution < 1.29 is 0 Å². The van der Waals surface area contributed by atoms with Crippen molar-refractivity contribution in [1.29, 1.82) is 0 Å². The molecular formula is C25H18N4. The first-order chi connectivity index (χ1) is 14.4. The largest absolute Gasteiger partial charge is 0.324 e. The molecule has 6 aromatic rings. The number of hydrogen-bond donors (Lipinski definition) is 0. The number of fused-ring (bicyclic) bond motifs is 7. The zero-order valence-corrected chi connectivity index (χ0v) is 16.0. The Morgan fingerprint density at radius 2 is 1.38 bits per heavy atom. The fourth-order valence-corrected chi connectivity index (χ4v) is 4.42. The third-order valence-corrected chi connectivity index (χ3v) is 5.66. The topological polar surface area (TPSA) is 43.6 Å². The Hall–Kier alpha value is -3.79. The molecule has 3 aromatic carbocycles. The fourth-order valence-electron chi connectivity index (χ4n) is 4.42. The monoisotopic (exact) mass is 374 g/mol. The number of hydrogen-bond acceptors (Lipinski definition) is 3. The molecule has 0 spiro atoms. The van der Waals surface area contributed by atoms with E-state index < -0.39 is 0 Å². The van der Waals surface area contributed by atoms with Gasteiger partial charge in [-0.15, -0.1) is 0 Å². The molecule has 0 radical (unpaired) electrons. The van der Waals surface area contributed by atoms with E-state index in [1.165, 1.54) is 10.8 Å². The molecule has 4 nitrogen and oxygen atoms in total. The molecule has 0 aliphatic heterocycles. The lowest BCUT2D eigenvalue weighted by Gasteiger charge is -2.10. The smallest absolute Gasteiger partial charge is 0.141 e. The Bertz CT molecular complexity index is 1540. The van der Waals surface area contributed by atoms with Crippen LogP contribution >= 0.6 is 0 Å². The normalized spacial score (nSPS) is 11.8. The van der Waals surface area contributed by atoms with Crippen LogP contribution in [-0.2, 0) is 6.54 Å². The van der Waals surface area contributed by atoms with E-state index in [1.807, 2.05) is 24.5 Å². The molecule has 6 rings (SSSR count). The minimum atomic E-state index is 0.824. The molecule has 3 heterocycles. The molecule has 138 valence electrons. The van der Waals surface area contributed by atoms with Gasteiger partial charge in [0.1, 0.15) is 5.82 Å². The van der Waals surface area contributed by atoms with Gasteiger partial charge in [-0.25, -0.2) is 4.98 Å². The van der Waals surface area contributed by atoms with E-state index >= 15 is 0 Å². The van der Waals surface area contributed by atoms with Crippen molar-refractivity contribution in [3.8, 4) is 11.4 Å². The van der Waals surface area contributed by atoms with Crippen LogP contribution in [0.5, 0.6) is 0 Å². The van der Waals surface area contributed by atoms with E-state index in [0.717, 1.165) is 50.8 Å². The van der Waals surface area contributed by atoms with Gasteiger partial charge in [-0.1, -0.05) is 42.5 Å². The van der Waals surface area contributed by atoms with Gasteiger partial charge >= 0.3 is 0 Å². The van der Waals surface area contributed by atoms with Gasteiger partial charge in [-0.3, -0.25) is 9.97 Å². The zero-order chi connectivity index (χ0) is 19.4. The minimum Gasteiger partial charge on any atom is -0.324 e. The van der Waals surface area contributed by atoms with Gasteiger partial charge in [0.05, 0.1) is 22.1 Å². The molecule has 0 bridgehead atoms. The van der Waals surface area contributed by atoms with Crippen molar-refractivity contribution in [1.82, 2.24) is 19.5 Å². The van der Waals surface area contributed by atoms with Gasteiger partial charge in [0, 0.05) is 35.3 Å². The maximum atomic E-state index is 5.18. The lowest BCUT2D eigenvalue weighted by atomic mass is 10.0. The first-order valence-electron chi connectivity index (χ1n) is 9.86. The maximum Gasteiger partial charge on any atom is 0.141 e. The first-order valence-corrected chi connectivity index (χ1v) is 9.86. The second kappa shape index (κ2) is 6.11. The summed E-state index contributed by atoms with van der Waals surface area (Å²) in [5.74, 6) is 0.987. The van der Waals surface area contributed by atoms with Crippen LogP contribution in [0, 0.1) is 0 Å². The molecule has 0 aliphatic rings. The molecule has 3 aromatic heterocycles. The molecule has 0 N–H and O–H groups in total. The number of aromatic nitrogens is 4. The van der Waals surface area contributed by atoms with Crippen LogP contribution in [0.25, 0.3) is 55.0 Å². The molecule has 0 fully saturated rings. The molecule has 0 atom stereocenters. The van der Waals surface area contributed by atoms with Crippen LogP contribution in [0.4, 0.5) is 0 Å². The highest BCUT2D eigenvalue weighted by atomic mass is 15.1. The highest BCUT2D eigenvalue weighted by Gasteiger charge is 2.19. The maximum absolute atomic E-state index is 5.18. The van der Waals surface area contributed by atoms with Crippen molar-refractivity contribution in [3.05, 3.63) is 79.1 Å². The highest BCUT2D eigenvalue weighted by molar-refractivity contribution is 6.21. The van der Waals surface area contributed by atoms with E-state index in [9.17, 15) is 0 Å². The van der Waals surface area contributed by atoms with E-state index in [1.54, 1.807) is 0 Å². The molecule has 0 saturated heterocycles. The van der Waals surface area contributed by atoms with Crippen LogP contribution < -0.4 is 0 Å². The second-order valence-corrected chi connectivity index (χ2v) is 7.20. The van der Waals surface area contributed by atoms with Crippen LogP contribution in [0.1, 0.15) is 6.92 Å². The number of rotatable bonds is 2. The van der Waals surface area contributed by atoms with Gasteiger partial charge in [0.25, 0.3) is 0 Å². The van der Waals surface area contributed by atoms with E-state index in [2.05, 4.69) is 76.1 Å². The van der Waals surface area contributed by atoms with Crippen LogP contribution in [0.3, 0.4) is 0 Å². The number of nitrogens with zero attached hydrogens (tertiary/aromatic N) is 4. The minimum absolute atomic E-state index is 0.824. The molecule has 0 unspecified atom stereocenters. The third-order valence-electron chi connectivity index (χ3n) is 5.66. The van der Waals surface area contributed by atoms with Crippen molar-refractivity contribution >= 4 is 43.6 Å². The molecular weight excluding hydrogens is 356 g/mol. The molecule has 0 aliphatic carbocycles. The number of benzene rings is 3. The summed E-state index contributed by atoms with van der Waals surface area (Å²) in [6.45, 7) is 3.00. The van der Waals surface area contributed by atoms with E-state index in [4.69, 9.17) is 4.98 Å². The standard InChI is InChI=1S/C25H18N4/c1-2-29-24-20-13-7-15-27-22(20)21-19(12-6-14-26-21)23(24)28-25(29)18-11-5-9-16-8-3-4-10-17(16)18/h3-15H,2H2,1H3. The lowest BCUT2D eigenvalue weighted by Crippen LogP contribution is -1.99. The number of pyridine rings is 2. The molecule has 0 saturated carbocycles. The Labute approximate surface area is 167 Å². The molecule has 0 amide bonds. The van der Waals surface area contributed by atoms with Crippen molar-refractivity contribution in [3.63, 3.8) is 0 Å². The summed E-state index contributed by atoms with van der Waals surface area (Å²) < 4.78 is 2.31. The Kier molecular flexibility index (Phi) is 3.41. The van der Waals surface area contributed by atoms with Crippen molar-refractivity contribution in [2.24, 2.45) is 0 Å². The van der Waals surface area contributed by atoms with Gasteiger partial charge in [0.2, 0.25) is 0 Å². The predicted molar refractivity (Wildman–Crippen MR) is 119 cm³/mol. The quantitative estimate of drug-likeness (QED) is 0.351. The highest BCUT2D eigenvalue weighted by Crippen LogP contribution is 2.37. The number of aryl methyl sites for hydroxylation is 1. The summed E-state index contributed by atoms with van der Waals surface area (Å²) in [6, 6.07) is 23.1. The predicted octanol–water partition coefficient (Wildman–Crippen LogP) is 5.97. The van der Waals surface area contributed by atoms with Gasteiger partial charge in [0.15, 0.2) is 0 Å². The summed E-state index contributed by atoms with van der Waals surface area (Å²) in [5.41, 5.74) is 5.09. The Morgan fingerprint density at radius 3 is 2.21 bits per heavy atom. The van der Waals surface area contributed by atoms with Gasteiger partial charge in [-0.05, 0) is 42.0 Å². The lowest BCUT2D eigenvalue weighted by molar-refractivity contribution is 0.799. The zero-order valence-electron chi connectivity index (χ0n) is 16.0. The summed E-state index contributed by atoms with van der Waals surface area (Å²) in [7, 11) is 0. The van der Waals surface area contributed by atoms with Crippen LogP contribution in [0.15, 0.2) is 79.1 Å². The SMILES string of the molecule is CCn1c(-c2cccc3ccccc23)nc2c3cccnc3c3ncccc3c21. The van der Waals surface area contributed by atoms with Gasteiger partial charge < -0.3 is 4.57 Å². The summed E-state index contributed by atoms with van der Waals surface area (Å²) in [5, 5.41) is 4.57. The van der Waals surface area contributed by atoms with Gasteiger partial charge in [-0.2, -0.15) is 0 Å². The first kappa shape index (κ1) is 16.2. The van der Waals surface area contributed by atoms with Crippen molar-refractivity contribution in [2.45, 2.75) is 13.5 Å². The van der Waals surface area contributed by atoms with Crippen molar-refractivity contribution in [2.75, 3.05) is 0 Å². The average molecular weight is 374 g/mol. The average Bonchev–Trinajstić information content (AvgIpc) is 3.19. The summed E-state index contributed by atoms with van der Waals surface area (Å²) in [4.78, 5) is 14.5. The molecule has 29 heavy (non-hydrogen) atoms. The number of imidazole rings is 1. The van der Waals surface area contributed by atoms with Crippen LogP contribution in [0.2, 0.25) is 0 Å². The Morgan fingerprint density at radius 1 is 0.690 bits per heavy atom. The van der Waals surface area contributed by atoms with Crippen LogP contribution in [-0.4, -0.2) is 19.5 Å². The molecule has 4 heteroatoms. The second-order valence-electron chi connectivity index (χ2n) is 7.20. The fraction of sp³-hybridized carbons (Fsp3) is 0.0800. The third kappa shape index (κ3) is 2.23. The summed E-state index contributed by atoms with van der Waals surface area (Å²) >= 11 is 0. The Balaban J connectivity index is 1.85. The summed E-state index contributed by atoms with van der Waals surface area (Å²) in [6.07, 6.45) is 3.66. The van der Waals surface area contributed by atoms with E-state index in [-0.39, 0.29) is 0 Å². The van der Waals surface area contributed by atoms with E-state index in [0.29, 0.717) is 0 Å².